The lowest BCUT2D eigenvalue weighted by atomic mass is 9.97. The molecule has 0 aromatic heterocycles. The Balaban J connectivity index is 2.76. The van der Waals surface area contributed by atoms with Crippen LogP contribution < -0.4 is 0 Å². The van der Waals surface area contributed by atoms with Crippen LogP contribution in [0.25, 0.3) is 4.91 Å². The van der Waals surface area contributed by atoms with Crippen molar-refractivity contribution in [2.75, 3.05) is 0 Å². The lowest BCUT2D eigenvalue weighted by Crippen LogP contribution is -2.12. The zero-order valence-corrected chi connectivity index (χ0v) is 10.7. The summed E-state index contributed by atoms with van der Waals surface area (Å²) >= 11 is 0. The summed E-state index contributed by atoms with van der Waals surface area (Å²) < 4.78 is 62.9. The molecule has 0 radical (unpaired) electrons. The molecule has 1 aliphatic carbocycles. The number of rotatable bonds is 2. The van der Waals surface area contributed by atoms with Gasteiger partial charge in [-0.15, -0.1) is 0 Å². The van der Waals surface area contributed by atoms with E-state index in [1.807, 2.05) is 0 Å². The van der Waals surface area contributed by atoms with Gasteiger partial charge in [0.25, 0.3) is 20.2 Å². The quantitative estimate of drug-likeness (QED) is 0.790. The van der Waals surface area contributed by atoms with Gasteiger partial charge >= 0.3 is 0 Å². The van der Waals surface area contributed by atoms with Crippen molar-refractivity contribution in [2.24, 2.45) is 0 Å². The highest BCUT2D eigenvalue weighted by Crippen LogP contribution is 2.33. The van der Waals surface area contributed by atoms with Crippen LogP contribution in [-0.4, -0.2) is 25.9 Å². The van der Waals surface area contributed by atoms with E-state index in [9.17, 15) is 16.8 Å². The molecule has 98 valence electrons. The molecule has 6 nitrogen and oxygen atoms in total. The third-order valence-corrected chi connectivity index (χ3v) is 4.56. The Labute approximate surface area is 104 Å². The number of hydrogen-bond donors (Lipinski definition) is 2. The molecule has 2 rings (SSSR count). The van der Waals surface area contributed by atoms with Gasteiger partial charge in [0.15, 0.2) is 0 Å². The van der Waals surface area contributed by atoms with Crippen LogP contribution in [0.1, 0.15) is 17.5 Å². The van der Waals surface area contributed by atoms with E-state index in [4.69, 9.17) is 9.11 Å². The summed E-state index contributed by atoms with van der Waals surface area (Å²) in [5.41, 5.74) is 0.314. The maximum Gasteiger partial charge on any atom is 0.294 e. The zero-order chi connectivity index (χ0) is 13.6. The molecule has 0 fully saturated rings. The second kappa shape index (κ2) is 4.16. The van der Waals surface area contributed by atoms with Crippen molar-refractivity contribution >= 4 is 25.1 Å². The first-order valence-electron chi connectivity index (χ1n) is 4.98. The predicted octanol–water partition coefficient (Wildman–Crippen LogP) is 1.11. The standard InChI is InChI=1S/C10H10O6S2/c11-17(12,13)9-5-1-3-7-8(9)4-2-6-10(7)18(14,15)16/h1,3,5-6H,2,4H2,(H,11,12,13)(H,14,15,16). The average molecular weight is 290 g/mol. The molecule has 0 atom stereocenters. The second-order valence-electron chi connectivity index (χ2n) is 3.84. The minimum absolute atomic E-state index is 0.110. The van der Waals surface area contributed by atoms with Crippen molar-refractivity contribution in [1.29, 1.82) is 0 Å². The Bertz CT molecular complexity index is 728. The van der Waals surface area contributed by atoms with E-state index in [0.717, 1.165) is 0 Å². The first kappa shape index (κ1) is 13.2. The van der Waals surface area contributed by atoms with E-state index in [2.05, 4.69) is 0 Å². The fourth-order valence-corrected chi connectivity index (χ4v) is 3.57. The first-order valence-corrected chi connectivity index (χ1v) is 7.86. The summed E-state index contributed by atoms with van der Waals surface area (Å²) in [5.74, 6) is 0. The molecule has 8 heteroatoms. The molecule has 0 aliphatic heterocycles. The SMILES string of the molecule is O=S(=O)(O)C1=CCCc2c1cccc2S(=O)(=O)O. The Kier molecular flexibility index (Phi) is 3.06. The molecule has 0 saturated carbocycles. The number of allylic oxidation sites excluding steroid dienone is 1. The third-order valence-electron chi connectivity index (χ3n) is 2.68. The van der Waals surface area contributed by atoms with Crippen LogP contribution in [0.15, 0.2) is 29.2 Å². The number of hydrogen-bond acceptors (Lipinski definition) is 4. The average Bonchev–Trinajstić information content (AvgIpc) is 2.24. The van der Waals surface area contributed by atoms with Crippen LogP contribution in [0.2, 0.25) is 0 Å². The van der Waals surface area contributed by atoms with Crippen LogP contribution in [0.4, 0.5) is 0 Å². The Morgan fingerprint density at radius 2 is 1.67 bits per heavy atom. The molecule has 18 heavy (non-hydrogen) atoms. The van der Waals surface area contributed by atoms with Gasteiger partial charge in [-0.3, -0.25) is 9.11 Å². The van der Waals surface area contributed by atoms with Gasteiger partial charge in [0, 0.05) is 0 Å². The lowest BCUT2D eigenvalue weighted by Gasteiger charge is -2.17. The molecule has 2 N–H and O–H groups in total. The van der Waals surface area contributed by atoms with Crippen molar-refractivity contribution < 1.29 is 25.9 Å². The van der Waals surface area contributed by atoms with Crippen LogP contribution in [0.5, 0.6) is 0 Å². The summed E-state index contributed by atoms with van der Waals surface area (Å²) in [4.78, 5) is -0.650. The topological polar surface area (TPSA) is 109 Å². The molecule has 0 saturated heterocycles. The van der Waals surface area contributed by atoms with E-state index in [-0.39, 0.29) is 33.8 Å². The largest absolute Gasteiger partial charge is 0.294 e. The molecule has 0 spiro atoms. The van der Waals surface area contributed by atoms with Crippen LogP contribution in [0.3, 0.4) is 0 Å². The summed E-state index contributed by atoms with van der Waals surface area (Å²) in [7, 11) is -8.83. The molecule has 1 aromatic rings. The predicted molar refractivity (Wildman–Crippen MR) is 64.1 cm³/mol. The van der Waals surface area contributed by atoms with Gasteiger partial charge in [-0.25, -0.2) is 0 Å². The maximum atomic E-state index is 11.2. The number of fused-ring (bicyclic) bond motifs is 1. The highest BCUT2D eigenvalue weighted by molar-refractivity contribution is 7.95. The zero-order valence-electron chi connectivity index (χ0n) is 9.07. The minimum Gasteiger partial charge on any atom is -0.282 e. The van der Waals surface area contributed by atoms with E-state index in [1.165, 1.54) is 24.3 Å². The van der Waals surface area contributed by atoms with Crippen molar-refractivity contribution in [3.8, 4) is 0 Å². The van der Waals surface area contributed by atoms with Gasteiger partial charge in [-0.1, -0.05) is 18.2 Å². The molecule has 1 aliphatic rings. The molecule has 0 amide bonds. The Hall–Kier alpha value is -1.22. The van der Waals surface area contributed by atoms with E-state index < -0.39 is 20.2 Å². The summed E-state index contributed by atoms with van der Waals surface area (Å²) in [6, 6.07) is 3.90. The fraction of sp³-hybridized carbons (Fsp3) is 0.200. The Morgan fingerprint density at radius 3 is 2.22 bits per heavy atom. The highest BCUT2D eigenvalue weighted by Gasteiger charge is 2.26. The molecular formula is C10H10O6S2. The smallest absolute Gasteiger partial charge is 0.282 e. The summed E-state index contributed by atoms with van der Waals surface area (Å²) in [6.45, 7) is 0. The van der Waals surface area contributed by atoms with Gasteiger partial charge in [0.1, 0.15) is 0 Å². The van der Waals surface area contributed by atoms with Gasteiger partial charge in [-0.2, -0.15) is 16.8 Å². The van der Waals surface area contributed by atoms with Crippen LogP contribution in [0, 0.1) is 0 Å². The molecule has 0 heterocycles. The molecule has 0 bridgehead atoms. The second-order valence-corrected chi connectivity index (χ2v) is 6.62. The van der Waals surface area contributed by atoms with Crippen molar-refractivity contribution in [1.82, 2.24) is 0 Å². The van der Waals surface area contributed by atoms with Crippen LogP contribution >= 0.6 is 0 Å². The summed E-state index contributed by atoms with van der Waals surface area (Å²) in [5, 5.41) is 0. The minimum atomic E-state index is -4.42. The van der Waals surface area contributed by atoms with Crippen LogP contribution in [-0.2, 0) is 26.7 Å². The Morgan fingerprint density at radius 1 is 1.00 bits per heavy atom. The molecule has 1 aromatic carbocycles. The lowest BCUT2D eigenvalue weighted by molar-refractivity contribution is 0.481. The summed E-state index contributed by atoms with van der Waals surface area (Å²) in [6.07, 6.45) is 1.88. The first-order chi connectivity index (χ1) is 8.21. The highest BCUT2D eigenvalue weighted by atomic mass is 32.2. The van der Waals surface area contributed by atoms with E-state index in [0.29, 0.717) is 0 Å². The van der Waals surface area contributed by atoms with Gasteiger partial charge in [-0.05, 0) is 30.0 Å². The van der Waals surface area contributed by atoms with E-state index in [1.54, 1.807) is 0 Å². The third kappa shape index (κ3) is 2.32. The molecule has 0 unspecified atom stereocenters. The fourth-order valence-electron chi connectivity index (χ4n) is 2.00. The maximum absolute atomic E-state index is 11.2. The normalized spacial score (nSPS) is 16.0. The van der Waals surface area contributed by atoms with Gasteiger partial charge in [0.2, 0.25) is 0 Å². The van der Waals surface area contributed by atoms with Crippen molar-refractivity contribution in [2.45, 2.75) is 17.7 Å². The molecular weight excluding hydrogens is 280 g/mol. The van der Waals surface area contributed by atoms with Crippen molar-refractivity contribution in [3.63, 3.8) is 0 Å². The van der Waals surface area contributed by atoms with Gasteiger partial charge in [0.05, 0.1) is 9.80 Å². The monoisotopic (exact) mass is 290 g/mol. The van der Waals surface area contributed by atoms with E-state index >= 15 is 0 Å². The number of benzene rings is 1. The van der Waals surface area contributed by atoms with Gasteiger partial charge < -0.3 is 0 Å². The van der Waals surface area contributed by atoms with Crippen molar-refractivity contribution in [3.05, 3.63) is 35.4 Å².